The summed E-state index contributed by atoms with van der Waals surface area (Å²) < 4.78 is 0. The fourth-order valence-electron chi connectivity index (χ4n) is 1.51. The Morgan fingerprint density at radius 1 is 1.44 bits per heavy atom. The smallest absolute Gasteiger partial charge is 0.253 e. The summed E-state index contributed by atoms with van der Waals surface area (Å²) in [5.41, 5.74) is 5.89. The molecule has 0 radical (unpaired) electrons. The average molecular weight is 270 g/mol. The predicted molar refractivity (Wildman–Crippen MR) is 71.0 cm³/mol. The zero-order valence-electron chi connectivity index (χ0n) is 10.2. The highest BCUT2D eigenvalue weighted by molar-refractivity contribution is 6.33. The van der Waals surface area contributed by atoms with Crippen LogP contribution >= 0.6 is 11.6 Å². The number of amidine groups is 1. The van der Waals surface area contributed by atoms with Crippen molar-refractivity contribution < 1.29 is 10.0 Å². The van der Waals surface area contributed by atoms with Gasteiger partial charge in [0.05, 0.1) is 16.6 Å². The van der Waals surface area contributed by atoms with E-state index in [0.29, 0.717) is 10.6 Å². The van der Waals surface area contributed by atoms with Gasteiger partial charge in [-0.2, -0.15) is 0 Å². The number of oxime groups is 1. The van der Waals surface area contributed by atoms with E-state index in [2.05, 4.69) is 10.5 Å². The lowest BCUT2D eigenvalue weighted by molar-refractivity contribution is 0.0939. The third-order valence-electron chi connectivity index (χ3n) is 2.51. The number of benzene rings is 1. The van der Waals surface area contributed by atoms with E-state index in [1.807, 2.05) is 13.8 Å². The minimum absolute atomic E-state index is 0.00709. The molecule has 1 amide bonds. The quantitative estimate of drug-likeness (QED) is 0.337. The van der Waals surface area contributed by atoms with Gasteiger partial charge in [-0.05, 0) is 18.1 Å². The number of rotatable bonds is 4. The minimum Gasteiger partial charge on any atom is -0.409 e. The molecule has 0 aliphatic rings. The number of hydrogen-bond donors (Lipinski definition) is 3. The molecule has 0 spiro atoms. The lowest BCUT2D eigenvalue weighted by Crippen LogP contribution is -2.47. The Hall–Kier alpha value is -1.75. The molecule has 0 aliphatic heterocycles. The Balaban J connectivity index is 2.89. The van der Waals surface area contributed by atoms with E-state index >= 15 is 0 Å². The van der Waals surface area contributed by atoms with Gasteiger partial charge in [0.2, 0.25) is 0 Å². The van der Waals surface area contributed by atoms with Crippen LogP contribution in [0.5, 0.6) is 0 Å². The summed E-state index contributed by atoms with van der Waals surface area (Å²) in [6.45, 7) is 3.71. The third kappa shape index (κ3) is 3.37. The molecule has 1 rings (SSSR count). The van der Waals surface area contributed by atoms with E-state index in [9.17, 15) is 4.79 Å². The molecule has 4 N–H and O–H groups in total. The molecular weight excluding hydrogens is 254 g/mol. The number of nitrogens with one attached hydrogen (secondary N) is 1. The SMILES string of the molecule is CC(C)C(NC(=O)c1ccccc1Cl)C(N)=NO. The van der Waals surface area contributed by atoms with Gasteiger partial charge in [0.15, 0.2) is 5.84 Å². The van der Waals surface area contributed by atoms with E-state index in [0.717, 1.165) is 0 Å². The summed E-state index contributed by atoms with van der Waals surface area (Å²) in [7, 11) is 0. The van der Waals surface area contributed by atoms with Crippen molar-refractivity contribution in [2.45, 2.75) is 19.9 Å². The maximum atomic E-state index is 12.0. The van der Waals surface area contributed by atoms with Crippen molar-refractivity contribution >= 4 is 23.3 Å². The van der Waals surface area contributed by atoms with Gasteiger partial charge in [-0.15, -0.1) is 0 Å². The van der Waals surface area contributed by atoms with Crippen molar-refractivity contribution in [3.8, 4) is 0 Å². The van der Waals surface area contributed by atoms with Gasteiger partial charge in [0, 0.05) is 0 Å². The van der Waals surface area contributed by atoms with Crippen molar-refractivity contribution in [3.63, 3.8) is 0 Å². The Morgan fingerprint density at radius 2 is 2.06 bits per heavy atom. The van der Waals surface area contributed by atoms with E-state index < -0.39 is 6.04 Å². The number of amides is 1. The number of carbonyl (C=O) groups is 1. The normalized spacial score (nSPS) is 13.4. The Kier molecular flexibility index (Phi) is 4.97. The van der Waals surface area contributed by atoms with E-state index in [1.165, 1.54) is 0 Å². The highest BCUT2D eigenvalue weighted by Crippen LogP contribution is 2.15. The van der Waals surface area contributed by atoms with Crippen LogP contribution in [0.25, 0.3) is 0 Å². The van der Waals surface area contributed by atoms with E-state index in [-0.39, 0.29) is 17.7 Å². The monoisotopic (exact) mass is 269 g/mol. The lowest BCUT2D eigenvalue weighted by Gasteiger charge is -2.21. The second kappa shape index (κ2) is 6.26. The molecule has 1 aromatic rings. The molecule has 0 saturated heterocycles. The molecule has 0 aliphatic carbocycles. The number of halogens is 1. The first-order chi connectivity index (χ1) is 8.47. The highest BCUT2D eigenvalue weighted by Gasteiger charge is 2.22. The van der Waals surface area contributed by atoms with Crippen molar-refractivity contribution in [2.24, 2.45) is 16.8 Å². The van der Waals surface area contributed by atoms with Gasteiger partial charge >= 0.3 is 0 Å². The van der Waals surface area contributed by atoms with Gasteiger partial charge in [0.25, 0.3) is 5.91 Å². The zero-order valence-corrected chi connectivity index (χ0v) is 11.0. The molecular formula is C12H16ClN3O2. The number of hydrogen-bond acceptors (Lipinski definition) is 3. The molecule has 1 aromatic carbocycles. The van der Waals surface area contributed by atoms with Crippen molar-refractivity contribution in [2.75, 3.05) is 0 Å². The van der Waals surface area contributed by atoms with Crippen molar-refractivity contribution in [3.05, 3.63) is 34.9 Å². The Labute approximate surface area is 111 Å². The first-order valence-electron chi connectivity index (χ1n) is 5.50. The molecule has 1 atom stereocenters. The summed E-state index contributed by atoms with van der Waals surface area (Å²) in [5.74, 6) is -0.399. The van der Waals surface area contributed by atoms with Crippen LogP contribution in [-0.4, -0.2) is 23.0 Å². The topological polar surface area (TPSA) is 87.7 Å². The minimum atomic E-state index is -0.543. The summed E-state index contributed by atoms with van der Waals surface area (Å²) in [5, 5.41) is 14.6. The summed E-state index contributed by atoms with van der Waals surface area (Å²) in [6, 6.07) is 6.15. The summed E-state index contributed by atoms with van der Waals surface area (Å²) >= 11 is 5.92. The van der Waals surface area contributed by atoms with Gasteiger partial charge in [-0.3, -0.25) is 4.79 Å². The number of nitrogens with zero attached hydrogens (tertiary/aromatic N) is 1. The van der Waals surface area contributed by atoms with Crippen molar-refractivity contribution in [1.29, 1.82) is 0 Å². The highest BCUT2D eigenvalue weighted by atomic mass is 35.5. The molecule has 0 saturated carbocycles. The second-order valence-electron chi connectivity index (χ2n) is 4.20. The number of carbonyl (C=O) groups excluding carboxylic acids is 1. The van der Waals surface area contributed by atoms with Crippen LogP contribution in [0.3, 0.4) is 0 Å². The van der Waals surface area contributed by atoms with Gasteiger partial charge < -0.3 is 16.3 Å². The van der Waals surface area contributed by atoms with Crippen LogP contribution in [-0.2, 0) is 0 Å². The van der Waals surface area contributed by atoms with E-state index in [4.69, 9.17) is 22.5 Å². The molecule has 0 bridgehead atoms. The zero-order chi connectivity index (χ0) is 13.7. The largest absolute Gasteiger partial charge is 0.409 e. The van der Waals surface area contributed by atoms with Crippen LogP contribution < -0.4 is 11.1 Å². The molecule has 1 unspecified atom stereocenters. The fourth-order valence-corrected chi connectivity index (χ4v) is 1.73. The van der Waals surface area contributed by atoms with Crippen LogP contribution in [0.2, 0.25) is 5.02 Å². The summed E-state index contributed by atoms with van der Waals surface area (Å²) in [4.78, 5) is 12.0. The predicted octanol–water partition coefficient (Wildman–Crippen LogP) is 1.84. The lowest BCUT2D eigenvalue weighted by atomic mass is 10.0. The van der Waals surface area contributed by atoms with Gasteiger partial charge in [0.1, 0.15) is 0 Å². The molecule has 18 heavy (non-hydrogen) atoms. The summed E-state index contributed by atoms with van der Waals surface area (Å²) in [6.07, 6.45) is 0. The Morgan fingerprint density at radius 3 is 2.56 bits per heavy atom. The van der Waals surface area contributed by atoms with Crippen LogP contribution in [0.15, 0.2) is 29.4 Å². The van der Waals surface area contributed by atoms with Crippen LogP contribution in [0.4, 0.5) is 0 Å². The average Bonchev–Trinajstić information content (AvgIpc) is 2.35. The molecule has 5 nitrogen and oxygen atoms in total. The maximum absolute atomic E-state index is 12.0. The van der Waals surface area contributed by atoms with Crippen LogP contribution in [0.1, 0.15) is 24.2 Å². The molecule has 6 heteroatoms. The fraction of sp³-hybridized carbons (Fsp3) is 0.333. The third-order valence-corrected chi connectivity index (χ3v) is 2.84. The molecule has 0 fully saturated rings. The maximum Gasteiger partial charge on any atom is 0.253 e. The first kappa shape index (κ1) is 14.3. The number of nitrogens with two attached hydrogens (primary N) is 1. The van der Waals surface area contributed by atoms with E-state index in [1.54, 1.807) is 24.3 Å². The van der Waals surface area contributed by atoms with Crippen LogP contribution in [0, 0.1) is 5.92 Å². The molecule has 98 valence electrons. The second-order valence-corrected chi connectivity index (χ2v) is 4.61. The van der Waals surface area contributed by atoms with Gasteiger partial charge in [-0.1, -0.05) is 42.7 Å². The molecule has 0 heterocycles. The Bertz CT molecular complexity index is 460. The van der Waals surface area contributed by atoms with Crippen molar-refractivity contribution in [1.82, 2.24) is 5.32 Å². The first-order valence-corrected chi connectivity index (χ1v) is 5.88. The van der Waals surface area contributed by atoms with Gasteiger partial charge in [-0.25, -0.2) is 0 Å². The molecule has 0 aromatic heterocycles. The standard InChI is InChI=1S/C12H16ClN3O2/c1-7(2)10(11(14)16-18)15-12(17)8-5-3-4-6-9(8)13/h3-7,10,18H,1-2H3,(H2,14,16)(H,15,17).